The molecular formula is C31H34N2O6. The van der Waals surface area contributed by atoms with Crippen LogP contribution in [0.4, 0.5) is 0 Å². The van der Waals surface area contributed by atoms with Crippen molar-refractivity contribution >= 4 is 17.4 Å². The molecule has 1 fully saturated rings. The van der Waals surface area contributed by atoms with E-state index in [1.165, 1.54) is 18.1 Å². The van der Waals surface area contributed by atoms with E-state index in [-0.39, 0.29) is 22.8 Å². The fourth-order valence-corrected chi connectivity index (χ4v) is 4.76. The molecule has 8 heteroatoms. The third kappa shape index (κ3) is 6.07. The van der Waals surface area contributed by atoms with Crippen LogP contribution in [0.3, 0.4) is 0 Å². The molecule has 1 amide bonds. The fourth-order valence-electron chi connectivity index (χ4n) is 4.76. The average molecular weight is 531 g/mol. The van der Waals surface area contributed by atoms with E-state index in [0.717, 1.165) is 12.1 Å². The van der Waals surface area contributed by atoms with Crippen LogP contribution in [-0.4, -0.2) is 66.0 Å². The first kappa shape index (κ1) is 27.7. The molecule has 4 rings (SSSR count). The number of phenolic OH excluding ortho intramolecular Hbond substituents is 1. The summed E-state index contributed by atoms with van der Waals surface area (Å²) in [5, 5.41) is 21.6. The van der Waals surface area contributed by atoms with E-state index in [4.69, 9.17) is 9.47 Å². The van der Waals surface area contributed by atoms with Crippen LogP contribution in [0.2, 0.25) is 0 Å². The molecule has 0 saturated carbocycles. The van der Waals surface area contributed by atoms with Gasteiger partial charge in [0.2, 0.25) is 0 Å². The molecule has 1 aliphatic rings. The van der Waals surface area contributed by atoms with Crippen molar-refractivity contribution in [2.24, 2.45) is 0 Å². The highest BCUT2D eigenvalue weighted by Crippen LogP contribution is 2.42. The molecule has 1 saturated heterocycles. The lowest BCUT2D eigenvalue weighted by Gasteiger charge is -2.26. The summed E-state index contributed by atoms with van der Waals surface area (Å²) in [4.78, 5) is 30.0. The van der Waals surface area contributed by atoms with Gasteiger partial charge in [-0.3, -0.25) is 9.59 Å². The zero-order valence-corrected chi connectivity index (χ0v) is 22.7. The molecular weight excluding hydrogens is 496 g/mol. The van der Waals surface area contributed by atoms with Crippen LogP contribution < -0.4 is 9.47 Å². The minimum atomic E-state index is -0.838. The van der Waals surface area contributed by atoms with E-state index < -0.39 is 17.7 Å². The second-order valence-corrected chi connectivity index (χ2v) is 9.83. The molecule has 3 aromatic rings. The monoisotopic (exact) mass is 530 g/mol. The second kappa shape index (κ2) is 12.0. The number of aliphatic hydroxyl groups excluding tert-OH is 1. The van der Waals surface area contributed by atoms with Crippen molar-refractivity contribution in [2.75, 3.05) is 34.3 Å². The summed E-state index contributed by atoms with van der Waals surface area (Å²) in [6, 6.07) is 18.8. The minimum absolute atomic E-state index is 0.00125. The Kier molecular flexibility index (Phi) is 8.56. The summed E-state index contributed by atoms with van der Waals surface area (Å²) in [6.45, 7) is 3.25. The molecule has 39 heavy (non-hydrogen) atoms. The number of nitrogens with zero attached hydrogens (tertiary/aromatic N) is 2. The van der Waals surface area contributed by atoms with Gasteiger partial charge in [-0.2, -0.15) is 0 Å². The second-order valence-electron chi connectivity index (χ2n) is 9.83. The largest absolute Gasteiger partial charge is 0.507 e. The van der Waals surface area contributed by atoms with E-state index in [2.05, 4.69) is 0 Å². The first-order valence-electron chi connectivity index (χ1n) is 12.8. The molecule has 1 aliphatic heterocycles. The molecule has 0 unspecified atom stereocenters. The van der Waals surface area contributed by atoms with Crippen molar-refractivity contribution in [2.45, 2.75) is 26.0 Å². The number of aromatic hydroxyl groups is 1. The number of aryl methyl sites for hydroxylation is 1. The lowest BCUT2D eigenvalue weighted by molar-refractivity contribution is -0.139. The number of benzene rings is 3. The summed E-state index contributed by atoms with van der Waals surface area (Å²) in [5.74, 6) is -0.911. The Bertz CT molecular complexity index is 1380. The predicted molar refractivity (Wildman–Crippen MR) is 149 cm³/mol. The maximum absolute atomic E-state index is 13.3. The highest BCUT2D eigenvalue weighted by atomic mass is 16.5. The number of aliphatic hydroxyl groups is 1. The van der Waals surface area contributed by atoms with Crippen LogP contribution in [0.15, 0.2) is 72.3 Å². The normalized spacial score (nSPS) is 16.6. The van der Waals surface area contributed by atoms with E-state index in [9.17, 15) is 19.8 Å². The minimum Gasteiger partial charge on any atom is -0.507 e. The number of ether oxygens (including phenoxy) is 2. The molecule has 0 aliphatic carbocycles. The lowest BCUT2D eigenvalue weighted by atomic mass is 9.93. The molecule has 8 nitrogen and oxygen atoms in total. The number of hydrogen-bond acceptors (Lipinski definition) is 7. The van der Waals surface area contributed by atoms with Gasteiger partial charge in [0.15, 0.2) is 11.5 Å². The molecule has 1 atom stereocenters. The summed E-state index contributed by atoms with van der Waals surface area (Å²) < 4.78 is 11.2. The molecule has 0 spiro atoms. The Hall–Kier alpha value is -4.30. The number of rotatable bonds is 10. The van der Waals surface area contributed by atoms with Crippen LogP contribution in [0.25, 0.3) is 5.76 Å². The molecule has 0 bridgehead atoms. The van der Waals surface area contributed by atoms with E-state index in [1.54, 1.807) is 30.3 Å². The highest BCUT2D eigenvalue weighted by Gasteiger charge is 2.46. The van der Waals surface area contributed by atoms with E-state index in [0.29, 0.717) is 42.0 Å². The average Bonchev–Trinajstić information content (AvgIpc) is 3.17. The topological polar surface area (TPSA) is 99.5 Å². The number of likely N-dealkylation sites (tertiary alicyclic amines) is 1. The van der Waals surface area contributed by atoms with Gasteiger partial charge in [-0.15, -0.1) is 0 Å². The van der Waals surface area contributed by atoms with Gasteiger partial charge in [0.1, 0.15) is 18.1 Å². The smallest absolute Gasteiger partial charge is 0.295 e. The standard InChI is InChI=1S/C31H34N2O6/c1-20-17-23(39-19-21-9-6-5-7-10-21)12-13-24(20)29(35)27-28(22-11-14-25(34)26(18-22)38-4)33(31(37)30(27)36)16-8-15-32(2)3/h5-7,9-14,17-18,28,34-35H,8,15-16,19H2,1-4H3/t28-/m1/s1. The molecule has 2 N–H and O–H groups in total. The van der Waals surface area contributed by atoms with Gasteiger partial charge in [-0.05, 0) is 81.0 Å². The van der Waals surface area contributed by atoms with E-state index >= 15 is 0 Å². The van der Waals surface area contributed by atoms with Gasteiger partial charge >= 0.3 is 0 Å². The maximum Gasteiger partial charge on any atom is 0.295 e. The lowest BCUT2D eigenvalue weighted by Crippen LogP contribution is -2.32. The van der Waals surface area contributed by atoms with E-state index in [1.807, 2.05) is 56.3 Å². The number of amides is 1. The van der Waals surface area contributed by atoms with Crippen molar-refractivity contribution < 1.29 is 29.3 Å². The zero-order chi connectivity index (χ0) is 28.1. The number of carbonyl (C=O) groups is 2. The van der Waals surface area contributed by atoms with Crippen molar-refractivity contribution in [3.63, 3.8) is 0 Å². The molecule has 3 aromatic carbocycles. The maximum atomic E-state index is 13.3. The summed E-state index contributed by atoms with van der Waals surface area (Å²) in [7, 11) is 5.30. The third-order valence-corrected chi connectivity index (χ3v) is 6.77. The highest BCUT2D eigenvalue weighted by molar-refractivity contribution is 6.46. The van der Waals surface area contributed by atoms with Crippen molar-refractivity contribution in [1.29, 1.82) is 0 Å². The molecule has 204 valence electrons. The third-order valence-electron chi connectivity index (χ3n) is 6.77. The Morgan fingerprint density at radius 1 is 1.03 bits per heavy atom. The zero-order valence-electron chi connectivity index (χ0n) is 22.7. The summed E-state index contributed by atoms with van der Waals surface area (Å²) >= 11 is 0. The Balaban J connectivity index is 1.72. The van der Waals surface area contributed by atoms with Gasteiger partial charge in [0, 0.05) is 12.1 Å². The summed E-state index contributed by atoms with van der Waals surface area (Å²) in [5.41, 5.74) is 2.71. The van der Waals surface area contributed by atoms with Crippen LogP contribution in [0, 0.1) is 6.92 Å². The van der Waals surface area contributed by atoms with Gasteiger partial charge in [0.05, 0.1) is 18.7 Å². The van der Waals surface area contributed by atoms with Crippen molar-refractivity contribution in [3.8, 4) is 17.2 Å². The van der Waals surface area contributed by atoms with Crippen LogP contribution in [-0.2, 0) is 16.2 Å². The Morgan fingerprint density at radius 2 is 1.77 bits per heavy atom. The van der Waals surface area contributed by atoms with Crippen molar-refractivity contribution in [3.05, 3.63) is 94.6 Å². The molecule has 0 aromatic heterocycles. The molecule has 1 heterocycles. The number of hydrogen-bond donors (Lipinski definition) is 2. The van der Waals surface area contributed by atoms with Gasteiger partial charge in [0.25, 0.3) is 11.7 Å². The van der Waals surface area contributed by atoms with Gasteiger partial charge in [-0.1, -0.05) is 36.4 Å². The quantitative estimate of drug-likeness (QED) is 0.223. The SMILES string of the molecule is COc1cc([C@@H]2C(=C(O)c3ccc(OCc4ccccc4)cc3C)C(=O)C(=O)N2CCCN(C)C)ccc1O. The number of ketones is 1. The van der Waals surface area contributed by atoms with Crippen LogP contribution in [0.5, 0.6) is 17.2 Å². The number of carbonyl (C=O) groups excluding carboxylic acids is 2. The van der Waals surface area contributed by atoms with Crippen LogP contribution >= 0.6 is 0 Å². The number of methoxy groups -OCH3 is 1. The van der Waals surface area contributed by atoms with Gasteiger partial charge in [-0.25, -0.2) is 0 Å². The Labute approximate surface area is 228 Å². The predicted octanol–water partition coefficient (Wildman–Crippen LogP) is 4.66. The molecule has 0 radical (unpaired) electrons. The van der Waals surface area contributed by atoms with Crippen molar-refractivity contribution in [1.82, 2.24) is 9.80 Å². The fraction of sp³-hybridized carbons (Fsp3) is 0.290. The number of Topliss-reactive ketones (excluding diaryl/α,β-unsaturated/α-hetero) is 1. The first-order valence-corrected chi connectivity index (χ1v) is 12.8. The van der Waals surface area contributed by atoms with Gasteiger partial charge < -0.3 is 29.5 Å². The number of phenols is 1. The summed E-state index contributed by atoms with van der Waals surface area (Å²) in [6.07, 6.45) is 0.637. The van der Waals surface area contributed by atoms with Crippen LogP contribution in [0.1, 0.15) is 34.7 Å². The first-order chi connectivity index (χ1) is 18.7. The Morgan fingerprint density at radius 3 is 2.44 bits per heavy atom.